The van der Waals surface area contributed by atoms with Gasteiger partial charge in [0.2, 0.25) is 0 Å². The molecular formula is C21H28O4S. The van der Waals surface area contributed by atoms with E-state index in [-0.39, 0.29) is 5.97 Å². The molecule has 0 fully saturated rings. The van der Waals surface area contributed by atoms with Crippen LogP contribution in [0.1, 0.15) is 57.4 Å². The van der Waals surface area contributed by atoms with E-state index in [2.05, 4.69) is 6.07 Å². The Kier molecular flexibility index (Phi) is 8.62. The van der Waals surface area contributed by atoms with Crippen LogP contribution in [0.4, 0.5) is 0 Å². The third-order valence-corrected chi connectivity index (χ3v) is 4.41. The van der Waals surface area contributed by atoms with Crippen LogP contribution in [0.25, 0.3) is 11.0 Å². The Labute approximate surface area is 160 Å². The maximum Gasteiger partial charge on any atom is 0.305 e. The van der Waals surface area contributed by atoms with Crippen LogP contribution in [-0.4, -0.2) is 19.2 Å². The standard InChI is InChI=1S/C21H28O4S/c1-3-20(22)24-13-9-7-5-4-6-8-12-23-19-15-21(26)25-18-11-10-16(2)14-17(18)19/h10-11,14-15H,3-9,12-13H2,1-2H3. The number of hydrogen-bond donors (Lipinski definition) is 0. The highest BCUT2D eigenvalue weighted by Gasteiger charge is 2.06. The molecule has 1 aromatic heterocycles. The first-order valence-electron chi connectivity index (χ1n) is 9.43. The van der Waals surface area contributed by atoms with Crippen molar-refractivity contribution < 1.29 is 18.7 Å². The van der Waals surface area contributed by atoms with E-state index in [0.29, 0.717) is 24.3 Å². The minimum Gasteiger partial charge on any atom is -0.493 e. The average Bonchev–Trinajstić information content (AvgIpc) is 2.63. The summed E-state index contributed by atoms with van der Waals surface area (Å²) in [5.41, 5.74) is 1.93. The summed E-state index contributed by atoms with van der Waals surface area (Å²) < 4.78 is 17.0. The monoisotopic (exact) mass is 376 g/mol. The summed E-state index contributed by atoms with van der Waals surface area (Å²) in [5, 5.41) is 0.972. The van der Waals surface area contributed by atoms with Crippen molar-refractivity contribution in [3.8, 4) is 5.75 Å². The van der Waals surface area contributed by atoms with Crippen molar-refractivity contribution in [3.05, 3.63) is 34.5 Å². The number of hydrogen-bond acceptors (Lipinski definition) is 5. The van der Waals surface area contributed by atoms with Crippen LogP contribution in [0.2, 0.25) is 0 Å². The molecule has 0 amide bonds. The third kappa shape index (κ3) is 6.79. The SMILES string of the molecule is CCC(=O)OCCCCCCCCOc1cc(=S)oc2ccc(C)cc12. The number of aryl methyl sites for hydroxylation is 1. The van der Waals surface area contributed by atoms with E-state index < -0.39 is 0 Å². The van der Waals surface area contributed by atoms with E-state index in [4.69, 9.17) is 26.1 Å². The number of rotatable bonds is 11. The molecule has 0 aliphatic heterocycles. The van der Waals surface area contributed by atoms with Gasteiger partial charge < -0.3 is 13.9 Å². The van der Waals surface area contributed by atoms with Crippen LogP contribution in [0.5, 0.6) is 5.75 Å². The second-order valence-corrected chi connectivity index (χ2v) is 6.88. The molecule has 2 rings (SSSR count). The van der Waals surface area contributed by atoms with Gasteiger partial charge in [-0.3, -0.25) is 4.79 Å². The predicted molar refractivity (Wildman–Crippen MR) is 106 cm³/mol. The zero-order chi connectivity index (χ0) is 18.8. The summed E-state index contributed by atoms with van der Waals surface area (Å²) in [6.45, 7) is 5.09. The van der Waals surface area contributed by atoms with Gasteiger partial charge in [-0.05, 0) is 44.1 Å². The summed E-state index contributed by atoms with van der Waals surface area (Å²) in [6.07, 6.45) is 6.97. The summed E-state index contributed by atoms with van der Waals surface area (Å²) in [5.74, 6) is 0.693. The first-order chi connectivity index (χ1) is 12.6. The Bertz CT molecular complexity index is 766. The molecule has 0 spiro atoms. The quantitative estimate of drug-likeness (QED) is 0.268. The maximum atomic E-state index is 11.0. The summed E-state index contributed by atoms with van der Waals surface area (Å²) in [7, 11) is 0. The van der Waals surface area contributed by atoms with E-state index in [1.54, 1.807) is 6.07 Å². The highest BCUT2D eigenvalue weighted by molar-refractivity contribution is 7.71. The number of carbonyl (C=O) groups is 1. The van der Waals surface area contributed by atoms with Gasteiger partial charge in [-0.15, -0.1) is 0 Å². The highest BCUT2D eigenvalue weighted by Crippen LogP contribution is 2.27. The smallest absolute Gasteiger partial charge is 0.305 e. The van der Waals surface area contributed by atoms with E-state index in [9.17, 15) is 4.79 Å². The van der Waals surface area contributed by atoms with Crippen LogP contribution in [0.15, 0.2) is 28.7 Å². The molecule has 0 radical (unpaired) electrons. The van der Waals surface area contributed by atoms with E-state index in [1.807, 2.05) is 26.0 Å². The van der Waals surface area contributed by atoms with Gasteiger partial charge in [-0.2, -0.15) is 0 Å². The minimum absolute atomic E-state index is 0.110. The number of esters is 1. The van der Waals surface area contributed by atoms with Crippen LogP contribution < -0.4 is 4.74 Å². The van der Waals surface area contributed by atoms with E-state index in [0.717, 1.165) is 48.8 Å². The Morgan fingerprint density at radius 1 is 1.04 bits per heavy atom. The summed E-state index contributed by atoms with van der Waals surface area (Å²) in [6, 6.07) is 7.79. The van der Waals surface area contributed by atoms with Crippen molar-refractivity contribution in [3.63, 3.8) is 0 Å². The second kappa shape index (κ2) is 11.0. The lowest BCUT2D eigenvalue weighted by Gasteiger charge is -2.09. The van der Waals surface area contributed by atoms with Crippen molar-refractivity contribution in [1.82, 2.24) is 0 Å². The van der Waals surface area contributed by atoms with Crippen molar-refractivity contribution in [1.29, 1.82) is 0 Å². The molecule has 142 valence electrons. The molecule has 0 aliphatic carbocycles. The molecule has 1 aromatic carbocycles. The Balaban J connectivity index is 1.65. The Hall–Kier alpha value is -1.88. The van der Waals surface area contributed by atoms with Crippen molar-refractivity contribution in [2.75, 3.05) is 13.2 Å². The Morgan fingerprint density at radius 2 is 1.73 bits per heavy atom. The normalized spacial score (nSPS) is 10.8. The summed E-state index contributed by atoms with van der Waals surface area (Å²) >= 11 is 5.18. The van der Waals surface area contributed by atoms with Crippen LogP contribution in [0, 0.1) is 11.6 Å². The van der Waals surface area contributed by atoms with Gasteiger partial charge >= 0.3 is 5.97 Å². The number of benzene rings is 1. The molecule has 0 N–H and O–H groups in total. The fraction of sp³-hybridized carbons (Fsp3) is 0.524. The lowest BCUT2D eigenvalue weighted by molar-refractivity contribution is -0.143. The van der Waals surface area contributed by atoms with Gasteiger partial charge in [0.1, 0.15) is 11.3 Å². The first kappa shape index (κ1) is 20.4. The minimum atomic E-state index is -0.110. The highest BCUT2D eigenvalue weighted by atomic mass is 32.1. The molecule has 1 heterocycles. The number of ether oxygens (including phenoxy) is 2. The molecule has 4 nitrogen and oxygen atoms in total. The van der Waals surface area contributed by atoms with Gasteiger partial charge in [0.05, 0.1) is 18.6 Å². The predicted octanol–water partition coefficient (Wildman–Crippen LogP) is 6.14. The van der Waals surface area contributed by atoms with Gasteiger partial charge in [0.15, 0.2) is 4.71 Å². The van der Waals surface area contributed by atoms with Crippen LogP contribution in [-0.2, 0) is 9.53 Å². The fourth-order valence-corrected chi connectivity index (χ4v) is 2.95. The van der Waals surface area contributed by atoms with Gasteiger partial charge in [-0.1, -0.05) is 44.2 Å². The molecule has 2 aromatic rings. The average molecular weight is 377 g/mol. The fourth-order valence-electron chi connectivity index (χ4n) is 2.75. The van der Waals surface area contributed by atoms with Crippen molar-refractivity contribution in [2.24, 2.45) is 0 Å². The van der Waals surface area contributed by atoms with Crippen molar-refractivity contribution >= 4 is 29.2 Å². The van der Waals surface area contributed by atoms with Crippen molar-refractivity contribution in [2.45, 2.75) is 58.8 Å². The first-order valence-corrected chi connectivity index (χ1v) is 9.84. The largest absolute Gasteiger partial charge is 0.493 e. The third-order valence-electron chi connectivity index (χ3n) is 4.21. The lowest BCUT2D eigenvalue weighted by atomic mass is 10.1. The molecule has 0 atom stereocenters. The lowest BCUT2D eigenvalue weighted by Crippen LogP contribution is -2.03. The molecule has 5 heteroatoms. The number of fused-ring (bicyclic) bond motifs is 1. The Morgan fingerprint density at radius 3 is 2.46 bits per heavy atom. The van der Waals surface area contributed by atoms with E-state index >= 15 is 0 Å². The summed E-state index contributed by atoms with van der Waals surface area (Å²) in [4.78, 5) is 11.0. The van der Waals surface area contributed by atoms with Crippen LogP contribution >= 0.6 is 12.2 Å². The van der Waals surface area contributed by atoms with Gasteiger partial charge in [-0.25, -0.2) is 0 Å². The second-order valence-electron chi connectivity index (χ2n) is 6.47. The van der Waals surface area contributed by atoms with Gasteiger partial charge in [0.25, 0.3) is 0 Å². The van der Waals surface area contributed by atoms with Gasteiger partial charge in [0, 0.05) is 12.5 Å². The van der Waals surface area contributed by atoms with Crippen LogP contribution in [0.3, 0.4) is 0 Å². The topological polar surface area (TPSA) is 48.7 Å². The molecule has 0 unspecified atom stereocenters. The maximum absolute atomic E-state index is 11.0. The van der Waals surface area contributed by atoms with E-state index in [1.165, 1.54) is 12.0 Å². The number of carbonyl (C=O) groups excluding carboxylic acids is 1. The zero-order valence-corrected chi connectivity index (χ0v) is 16.5. The molecule has 0 aliphatic rings. The molecule has 26 heavy (non-hydrogen) atoms. The molecule has 0 saturated heterocycles. The molecule has 0 bridgehead atoms. The number of unbranched alkanes of at least 4 members (excludes halogenated alkanes) is 5. The zero-order valence-electron chi connectivity index (χ0n) is 15.7. The molecular weight excluding hydrogens is 348 g/mol. The molecule has 0 saturated carbocycles.